The lowest BCUT2D eigenvalue weighted by Gasteiger charge is -2.24. The molecule has 218 valence electrons. The van der Waals surface area contributed by atoms with Gasteiger partial charge < -0.3 is 19.0 Å². The molecule has 42 heavy (non-hydrogen) atoms. The van der Waals surface area contributed by atoms with Crippen molar-refractivity contribution in [3.8, 4) is 11.5 Å². The van der Waals surface area contributed by atoms with Gasteiger partial charge in [-0.3, -0.25) is 14.5 Å². The van der Waals surface area contributed by atoms with Crippen molar-refractivity contribution in [2.75, 3.05) is 18.6 Å². The average Bonchev–Trinajstić information content (AvgIpc) is 3.73. The number of nitrogens with zero attached hydrogens (tertiary/aromatic N) is 3. The predicted octanol–water partition coefficient (Wildman–Crippen LogP) is 6.95. The zero-order valence-electron chi connectivity index (χ0n) is 23.7. The molecule has 11 heteroatoms. The molecular formula is C31H31N3O6S2. The minimum absolute atomic E-state index is 0.00316. The quantitative estimate of drug-likeness (QED) is 0.104. The molecule has 0 aliphatic carbocycles. The van der Waals surface area contributed by atoms with E-state index in [0.717, 1.165) is 12.0 Å². The van der Waals surface area contributed by atoms with Crippen LogP contribution in [0.25, 0.3) is 0 Å². The molecule has 0 spiro atoms. The maximum absolute atomic E-state index is 13.6. The number of thioether (sulfide) groups is 1. The number of benzene rings is 2. The number of amides is 1. The van der Waals surface area contributed by atoms with Crippen LogP contribution >= 0.6 is 23.1 Å². The number of ether oxygens (including phenoxy) is 2. The topological polar surface area (TPSA) is 115 Å². The summed E-state index contributed by atoms with van der Waals surface area (Å²) in [7, 11) is 1.52. The fraction of sp³-hybridized carbons (Fsp3) is 0.290. The summed E-state index contributed by atoms with van der Waals surface area (Å²) in [4.78, 5) is 28.4. The van der Waals surface area contributed by atoms with E-state index >= 15 is 0 Å². The number of aliphatic hydroxyl groups excluding tert-OH is 1. The number of carbonyl (C=O) groups is 2. The van der Waals surface area contributed by atoms with E-state index in [1.807, 2.05) is 6.92 Å². The number of hydrogen-bond acceptors (Lipinski definition) is 10. The molecule has 0 saturated carbocycles. The summed E-state index contributed by atoms with van der Waals surface area (Å²) in [5.41, 5.74) is 2.72. The van der Waals surface area contributed by atoms with Crippen molar-refractivity contribution < 1.29 is 28.6 Å². The van der Waals surface area contributed by atoms with Crippen LogP contribution in [0.3, 0.4) is 0 Å². The van der Waals surface area contributed by atoms with E-state index in [2.05, 4.69) is 48.3 Å². The Labute approximate surface area is 252 Å². The molecule has 1 unspecified atom stereocenters. The van der Waals surface area contributed by atoms with Gasteiger partial charge in [0.15, 0.2) is 27.4 Å². The monoisotopic (exact) mass is 605 g/mol. The van der Waals surface area contributed by atoms with Gasteiger partial charge in [-0.15, -0.1) is 10.2 Å². The van der Waals surface area contributed by atoms with Crippen LogP contribution in [0.4, 0.5) is 5.13 Å². The van der Waals surface area contributed by atoms with Gasteiger partial charge in [-0.1, -0.05) is 72.8 Å². The van der Waals surface area contributed by atoms with E-state index < -0.39 is 23.5 Å². The number of rotatable bonds is 12. The average molecular weight is 606 g/mol. The van der Waals surface area contributed by atoms with Crippen molar-refractivity contribution in [2.45, 2.75) is 43.3 Å². The highest BCUT2D eigenvalue weighted by molar-refractivity contribution is 8.00. The number of ketones is 1. The van der Waals surface area contributed by atoms with E-state index in [0.29, 0.717) is 39.7 Å². The van der Waals surface area contributed by atoms with Crippen LogP contribution in [0.5, 0.6) is 11.5 Å². The number of methoxy groups -OCH3 is 1. The third-order valence-electron chi connectivity index (χ3n) is 6.74. The van der Waals surface area contributed by atoms with Crippen molar-refractivity contribution in [1.82, 2.24) is 10.2 Å². The van der Waals surface area contributed by atoms with Gasteiger partial charge >= 0.3 is 0 Å². The molecule has 2 aromatic carbocycles. The number of Topliss-reactive ketones (excluding diaryl/α,β-unsaturated/α-hetero) is 1. The molecule has 0 radical (unpaired) electrons. The molecule has 5 rings (SSSR count). The van der Waals surface area contributed by atoms with Crippen LogP contribution in [0.15, 0.2) is 80.9 Å². The summed E-state index contributed by atoms with van der Waals surface area (Å²) in [5, 5.41) is 19.9. The lowest BCUT2D eigenvalue weighted by molar-refractivity contribution is -0.117. The summed E-state index contributed by atoms with van der Waals surface area (Å²) in [6, 6.07) is 15.5. The van der Waals surface area contributed by atoms with Gasteiger partial charge in [-0.05, 0) is 54.7 Å². The van der Waals surface area contributed by atoms with Crippen molar-refractivity contribution in [3.63, 3.8) is 0 Å². The molecule has 2 aromatic heterocycles. The molecule has 3 heterocycles. The Hall–Kier alpha value is -4.09. The molecule has 1 aliphatic heterocycles. The van der Waals surface area contributed by atoms with Gasteiger partial charge in [0.2, 0.25) is 10.9 Å². The van der Waals surface area contributed by atoms with Gasteiger partial charge in [0.25, 0.3) is 5.91 Å². The molecule has 4 aromatic rings. The third-order valence-corrected chi connectivity index (χ3v) is 8.87. The molecule has 0 bridgehead atoms. The van der Waals surface area contributed by atoms with Crippen LogP contribution in [0, 0.1) is 12.8 Å². The smallest absolute Gasteiger partial charge is 0.296 e. The van der Waals surface area contributed by atoms with Crippen LogP contribution in [-0.4, -0.2) is 40.7 Å². The number of anilines is 1. The zero-order valence-corrected chi connectivity index (χ0v) is 25.3. The van der Waals surface area contributed by atoms with Gasteiger partial charge in [0, 0.05) is 5.75 Å². The van der Waals surface area contributed by atoms with E-state index in [4.69, 9.17) is 13.9 Å². The summed E-state index contributed by atoms with van der Waals surface area (Å²) >= 11 is 2.71. The standard InChI is InChI=1S/C31H31N3O6S2/c1-18(2)13-15-40-22-12-11-21(16-24(22)38-4)26-25(27(35)23-6-5-14-39-23)28(36)29(37)34(26)30-32-33-31(42-30)41-17-20-9-7-19(3)8-10-20/h5-12,14,16,18,26,36H,13,15,17H2,1-4H3. The number of hydrogen-bond donors (Lipinski definition) is 1. The second-order valence-corrected chi connectivity index (χ2v) is 12.4. The Morgan fingerprint density at radius 3 is 2.62 bits per heavy atom. The third kappa shape index (κ3) is 6.22. The van der Waals surface area contributed by atoms with Gasteiger partial charge in [0.1, 0.15) is 0 Å². The Kier molecular flexibility index (Phi) is 8.98. The van der Waals surface area contributed by atoms with Crippen molar-refractivity contribution in [1.29, 1.82) is 0 Å². The van der Waals surface area contributed by atoms with Gasteiger partial charge in [-0.25, -0.2) is 0 Å². The highest BCUT2D eigenvalue weighted by atomic mass is 32.2. The number of aromatic nitrogens is 2. The fourth-order valence-corrected chi connectivity index (χ4v) is 6.28. The number of carbonyl (C=O) groups excluding carboxylic acids is 2. The Balaban J connectivity index is 1.49. The molecule has 9 nitrogen and oxygen atoms in total. The first kappa shape index (κ1) is 29.4. The minimum atomic E-state index is -1.00. The van der Waals surface area contributed by atoms with E-state index in [-0.39, 0.29) is 16.5 Å². The molecule has 1 atom stereocenters. The SMILES string of the molecule is COc1cc(C2C(C(=O)c3ccco3)=C(O)C(=O)N2c2nnc(SCc3ccc(C)cc3)s2)ccc1OCCC(C)C. The number of aliphatic hydroxyl groups is 1. The largest absolute Gasteiger partial charge is 0.503 e. The molecule has 0 saturated heterocycles. The second-order valence-electron chi connectivity index (χ2n) is 10.2. The Morgan fingerprint density at radius 2 is 1.93 bits per heavy atom. The van der Waals surface area contributed by atoms with Crippen molar-refractivity contribution in [2.24, 2.45) is 5.92 Å². The van der Waals surface area contributed by atoms with Crippen molar-refractivity contribution >= 4 is 39.9 Å². The molecular weight excluding hydrogens is 574 g/mol. The summed E-state index contributed by atoms with van der Waals surface area (Å²) in [6.07, 6.45) is 2.23. The maximum atomic E-state index is 13.6. The van der Waals surface area contributed by atoms with E-state index in [1.54, 1.807) is 24.3 Å². The predicted molar refractivity (Wildman–Crippen MR) is 162 cm³/mol. The van der Waals surface area contributed by atoms with E-state index in [1.165, 1.54) is 53.0 Å². The maximum Gasteiger partial charge on any atom is 0.296 e. The lowest BCUT2D eigenvalue weighted by atomic mass is 9.95. The first-order valence-corrected chi connectivity index (χ1v) is 15.2. The van der Waals surface area contributed by atoms with Gasteiger partial charge in [-0.2, -0.15) is 0 Å². The van der Waals surface area contributed by atoms with Crippen molar-refractivity contribution in [3.05, 3.63) is 94.6 Å². The molecule has 1 aliphatic rings. The first-order valence-electron chi connectivity index (χ1n) is 13.4. The Morgan fingerprint density at radius 1 is 1.14 bits per heavy atom. The summed E-state index contributed by atoms with van der Waals surface area (Å²) in [6.45, 7) is 6.78. The van der Waals surface area contributed by atoms with Crippen LogP contribution < -0.4 is 14.4 Å². The fourth-order valence-electron chi connectivity index (χ4n) is 4.46. The lowest BCUT2D eigenvalue weighted by Crippen LogP contribution is -2.31. The minimum Gasteiger partial charge on any atom is -0.503 e. The number of furan rings is 1. The van der Waals surface area contributed by atoms with Crippen LogP contribution in [0.1, 0.15) is 53.6 Å². The molecule has 1 N–H and O–H groups in total. The first-order chi connectivity index (χ1) is 20.3. The van der Waals surface area contributed by atoms with Crippen LogP contribution in [0.2, 0.25) is 0 Å². The Bertz CT molecular complexity index is 1600. The van der Waals surface area contributed by atoms with Gasteiger partial charge in [0.05, 0.1) is 31.6 Å². The summed E-state index contributed by atoms with van der Waals surface area (Å²) in [5.74, 6) is 0.106. The molecule has 0 fully saturated rings. The zero-order chi connectivity index (χ0) is 29.8. The highest BCUT2D eigenvalue weighted by Gasteiger charge is 2.47. The number of aryl methyl sites for hydroxylation is 1. The highest BCUT2D eigenvalue weighted by Crippen LogP contribution is 2.45. The van der Waals surface area contributed by atoms with Crippen LogP contribution in [-0.2, 0) is 10.5 Å². The summed E-state index contributed by atoms with van der Waals surface area (Å²) < 4.78 is 17.5. The molecule has 1 amide bonds. The second kappa shape index (κ2) is 12.8. The van der Waals surface area contributed by atoms with E-state index in [9.17, 15) is 14.7 Å². The normalized spacial score (nSPS) is 15.1.